The maximum Gasteiger partial charge on any atom is 0.157 e. The Hall–Kier alpha value is -1.03. The Morgan fingerprint density at radius 3 is 3.31 bits per heavy atom. The third-order valence-corrected chi connectivity index (χ3v) is 2.29. The molecular weight excluding hydrogens is 166 g/mol. The van der Waals surface area contributed by atoms with E-state index in [-0.39, 0.29) is 0 Å². The van der Waals surface area contributed by atoms with E-state index < -0.39 is 0 Å². The van der Waals surface area contributed by atoms with Crippen molar-refractivity contribution in [3.8, 4) is 5.75 Å². The fourth-order valence-corrected chi connectivity index (χ4v) is 1.57. The molecule has 0 radical (unpaired) electrons. The highest BCUT2D eigenvalue weighted by atomic mass is 16.5. The van der Waals surface area contributed by atoms with Crippen LogP contribution in [0.1, 0.15) is 12.8 Å². The molecule has 0 amide bonds. The summed E-state index contributed by atoms with van der Waals surface area (Å²) < 4.78 is 7.31. The molecule has 1 aromatic heterocycles. The van der Waals surface area contributed by atoms with Gasteiger partial charge in [0.2, 0.25) is 0 Å². The van der Waals surface area contributed by atoms with Gasteiger partial charge in [-0.3, -0.25) is 4.68 Å². The van der Waals surface area contributed by atoms with Gasteiger partial charge in [-0.25, -0.2) is 0 Å². The van der Waals surface area contributed by atoms with Crippen LogP contribution >= 0.6 is 0 Å². The molecule has 0 spiro atoms. The van der Waals surface area contributed by atoms with Gasteiger partial charge in [0.05, 0.1) is 12.4 Å². The standard InChI is InChI=1S/C9H15N3O/c1-12-6-9(5-11-12)13-7-8-3-2-4-10-8/h5-6,8,10H,2-4,7H2,1H3/t8-/m0/s1. The topological polar surface area (TPSA) is 39.1 Å². The number of aromatic nitrogens is 2. The van der Waals surface area contributed by atoms with Gasteiger partial charge in [0.1, 0.15) is 6.61 Å². The Labute approximate surface area is 77.9 Å². The molecule has 13 heavy (non-hydrogen) atoms. The van der Waals surface area contributed by atoms with E-state index in [1.54, 1.807) is 10.9 Å². The van der Waals surface area contributed by atoms with Gasteiger partial charge in [0, 0.05) is 13.1 Å². The molecule has 1 aromatic rings. The summed E-state index contributed by atoms with van der Waals surface area (Å²) in [6.07, 6.45) is 6.12. The molecule has 1 N–H and O–H groups in total. The largest absolute Gasteiger partial charge is 0.489 e. The summed E-state index contributed by atoms with van der Waals surface area (Å²) in [7, 11) is 1.89. The number of hydrogen-bond acceptors (Lipinski definition) is 3. The van der Waals surface area contributed by atoms with E-state index in [9.17, 15) is 0 Å². The second-order valence-corrected chi connectivity index (χ2v) is 3.45. The summed E-state index contributed by atoms with van der Waals surface area (Å²) in [5, 5.41) is 7.41. The van der Waals surface area contributed by atoms with Gasteiger partial charge in [0.25, 0.3) is 0 Å². The molecule has 1 aliphatic heterocycles. The number of nitrogens with one attached hydrogen (secondary N) is 1. The predicted octanol–water partition coefficient (Wildman–Crippen LogP) is 0.551. The third-order valence-electron chi connectivity index (χ3n) is 2.29. The maximum absolute atomic E-state index is 5.56. The van der Waals surface area contributed by atoms with Crippen molar-refractivity contribution in [2.75, 3.05) is 13.2 Å². The van der Waals surface area contributed by atoms with Crippen molar-refractivity contribution in [2.24, 2.45) is 7.05 Å². The molecule has 4 nitrogen and oxygen atoms in total. The maximum atomic E-state index is 5.56. The van der Waals surface area contributed by atoms with Crippen molar-refractivity contribution in [1.29, 1.82) is 0 Å². The van der Waals surface area contributed by atoms with Crippen LogP contribution in [0.3, 0.4) is 0 Å². The van der Waals surface area contributed by atoms with Crippen molar-refractivity contribution < 1.29 is 4.74 Å². The smallest absolute Gasteiger partial charge is 0.157 e. The molecule has 2 heterocycles. The van der Waals surface area contributed by atoms with E-state index in [0.29, 0.717) is 6.04 Å². The second kappa shape index (κ2) is 3.79. The molecule has 72 valence electrons. The number of aryl methyl sites for hydroxylation is 1. The molecule has 0 aromatic carbocycles. The lowest BCUT2D eigenvalue weighted by atomic mass is 10.2. The molecule has 0 bridgehead atoms. The van der Waals surface area contributed by atoms with Gasteiger partial charge in [-0.1, -0.05) is 0 Å². The number of ether oxygens (including phenoxy) is 1. The van der Waals surface area contributed by atoms with E-state index >= 15 is 0 Å². The molecular formula is C9H15N3O. The Morgan fingerprint density at radius 1 is 1.77 bits per heavy atom. The number of hydrogen-bond donors (Lipinski definition) is 1. The molecule has 1 aliphatic rings. The fourth-order valence-electron chi connectivity index (χ4n) is 1.57. The van der Waals surface area contributed by atoms with Gasteiger partial charge >= 0.3 is 0 Å². The minimum Gasteiger partial charge on any atom is -0.489 e. The first kappa shape index (κ1) is 8.56. The zero-order valence-corrected chi connectivity index (χ0v) is 7.86. The van der Waals surface area contributed by atoms with Gasteiger partial charge in [-0.15, -0.1) is 0 Å². The minimum absolute atomic E-state index is 0.528. The Bertz CT molecular complexity index is 266. The predicted molar refractivity (Wildman–Crippen MR) is 49.7 cm³/mol. The van der Waals surface area contributed by atoms with Crippen molar-refractivity contribution in [2.45, 2.75) is 18.9 Å². The van der Waals surface area contributed by atoms with Crippen LogP contribution in [-0.4, -0.2) is 29.0 Å². The van der Waals surface area contributed by atoms with Gasteiger partial charge in [-0.2, -0.15) is 5.10 Å². The van der Waals surface area contributed by atoms with Crippen molar-refractivity contribution >= 4 is 0 Å². The first-order valence-corrected chi connectivity index (χ1v) is 4.69. The highest BCUT2D eigenvalue weighted by molar-refractivity contribution is 5.11. The molecule has 1 fully saturated rings. The summed E-state index contributed by atoms with van der Waals surface area (Å²) >= 11 is 0. The lowest BCUT2D eigenvalue weighted by Gasteiger charge is -2.09. The third kappa shape index (κ3) is 2.21. The number of nitrogens with zero attached hydrogens (tertiary/aromatic N) is 2. The van der Waals surface area contributed by atoms with E-state index in [0.717, 1.165) is 18.9 Å². The van der Waals surface area contributed by atoms with Crippen LogP contribution < -0.4 is 10.1 Å². The molecule has 1 saturated heterocycles. The molecule has 1 atom stereocenters. The van der Waals surface area contributed by atoms with Crippen molar-refractivity contribution in [1.82, 2.24) is 15.1 Å². The normalized spacial score (nSPS) is 22.1. The highest BCUT2D eigenvalue weighted by Gasteiger charge is 2.14. The summed E-state index contributed by atoms with van der Waals surface area (Å²) in [4.78, 5) is 0. The first-order valence-electron chi connectivity index (χ1n) is 4.69. The van der Waals surface area contributed by atoms with Crippen LogP contribution in [0.4, 0.5) is 0 Å². The van der Waals surface area contributed by atoms with Crippen LogP contribution in [0.25, 0.3) is 0 Å². The number of rotatable bonds is 3. The van der Waals surface area contributed by atoms with E-state index in [1.807, 2.05) is 13.2 Å². The fraction of sp³-hybridized carbons (Fsp3) is 0.667. The molecule has 0 aliphatic carbocycles. The second-order valence-electron chi connectivity index (χ2n) is 3.45. The zero-order valence-electron chi connectivity index (χ0n) is 7.86. The summed E-state index contributed by atoms with van der Waals surface area (Å²) in [5.41, 5.74) is 0. The van der Waals surface area contributed by atoms with Crippen LogP contribution in [0.2, 0.25) is 0 Å². The SMILES string of the molecule is Cn1cc(OC[C@@H]2CCCN2)cn1. The van der Waals surface area contributed by atoms with Crippen LogP contribution in [0.15, 0.2) is 12.4 Å². The lowest BCUT2D eigenvalue weighted by molar-refractivity contribution is 0.277. The van der Waals surface area contributed by atoms with E-state index in [1.165, 1.54) is 12.8 Å². The Kier molecular flexibility index (Phi) is 2.49. The monoisotopic (exact) mass is 181 g/mol. The quantitative estimate of drug-likeness (QED) is 0.740. The van der Waals surface area contributed by atoms with E-state index in [2.05, 4.69) is 10.4 Å². The minimum atomic E-state index is 0.528. The van der Waals surface area contributed by atoms with Crippen LogP contribution in [0.5, 0.6) is 5.75 Å². The van der Waals surface area contributed by atoms with Crippen LogP contribution in [0, 0.1) is 0 Å². The Balaban J connectivity index is 1.78. The van der Waals surface area contributed by atoms with Gasteiger partial charge in [0.15, 0.2) is 5.75 Å². The molecule has 0 unspecified atom stereocenters. The summed E-state index contributed by atoms with van der Waals surface area (Å²) in [6.45, 7) is 1.88. The zero-order chi connectivity index (χ0) is 9.10. The molecule has 2 rings (SSSR count). The molecule has 0 saturated carbocycles. The Morgan fingerprint density at radius 2 is 2.69 bits per heavy atom. The highest BCUT2D eigenvalue weighted by Crippen LogP contribution is 2.10. The first-order chi connectivity index (χ1) is 6.34. The van der Waals surface area contributed by atoms with Crippen molar-refractivity contribution in [3.63, 3.8) is 0 Å². The summed E-state index contributed by atoms with van der Waals surface area (Å²) in [6, 6.07) is 0.528. The van der Waals surface area contributed by atoms with Gasteiger partial charge < -0.3 is 10.1 Å². The average Bonchev–Trinajstić information content (AvgIpc) is 2.71. The molecule has 4 heteroatoms. The van der Waals surface area contributed by atoms with Crippen LogP contribution in [-0.2, 0) is 7.05 Å². The summed E-state index contributed by atoms with van der Waals surface area (Å²) in [5.74, 6) is 0.858. The lowest BCUT2D eigenvalue weighted by Crippen LogP contribution is -2.28. The average molecular weight is 181 g/mol. The van der Waals surface area contributed by atoms with E-state index in [4.69, 9.17) is 4.74 Å². The van der Waals surface area contributed by atoms with Gasteiger partial charge in [-0.05, 0) is 19.4 Å². The van der Waals surface area contributed by atoms with Crippen molar-refractivity contribution in [3.05, 3.63) is 12.4 Å².